The van der Waals surface area contributed by atoms with Gasteiger partial charge in [0, 0.05) is 22.4 Å². The number of benzene rings is 1. The van der Waals surface area contributed by atoms with E-state index in [1.165, 1.54) is 12.1 Å². The molecule has 0 bridgehead atoms. The Bertz CT molecular complexity index is 533. The molecular formula is C14H14Br2F3NO. The summed E-state index contributed by atoms with van der Waals surface area (Å²) in [7, 11) is 0. The minimum atomic E-state index is -4.55. The highest BCUT2D eigenvalue weighted by molar-refractivity contribution is 9.10. The predicted octanol–water partition coefficient (Wildman–Crippen LogP) is 4.86. The minimum Gasteiger partial charge on any atom is -0.335 e. The molecule has 0 aromatic heterocycles. The summed E-state index contributed by atoms with van der Waals surface area (Å²) in [5.41, 5.74) is -1.17. The number of alkyl halides is 4. The molecule has 1 unspecified atom stereocenters. The van der Waals surface area contributed by atoms with Crippen LogP contribution in [-0.2, 0) is 6.18 Å². The van der Waals surface area contributed by atoms with Crippen molar-refractivity contribution in [1.29, 1.82) is 0 Å². The molecular weight excluding hydrogens is 415 g/mol. The summed E-state index contributed by atoms with van der Waals surface area (Å²) in [5, 5.41) is 0.580. The lowest BCUT2D eigenvalue weighted by Crippen LogP contribution is -2.45. The summed E-state index contributed by atoms with van der Waals surface area (Å²) < 4.78 is 39.7. The fourth-order valence-electron chi connectivity index (χ4n) is 2.52. The fraction of sp³-hybridized carbons (Fsp3) is 0.500. The molecule has 0 spiro atoms. The second kappa shape index (κ2) is 6.69. The van der Waals surface area contributed by atoms with E-state index in [1.54, 1.807) is 4.90 Å². The van der Waals surface area contributed by atoms with Gasteiger partial charge in [0.05, 0.1) is 11.1 Å². The molecule has 1 atom stereocenters. The number of piperidine rings is 1. The van der Waals surface area contributed by atoms with Crippen molar-refractivity contribution in [3.8, 4) is 0 Å². The number of carbonyl (C=O) groups is 1. The van der Waals surface area contributed by atoms with Crippen molar-refractivity contribution < 1.29 is 18.0 Å². The van der Waals surface area contributed by atoms with Crippen molar-refractivity contribution in [2.45, 2.75) is 31.5 Å². The maximum absolute atomic E-state index is 13.1. The minimum absolute atomic E-state index is 0.0454. The van der Waals surface area contributed by atoms with Crippen LogP contribution in [0.15, 0.2) is 22.7 Å². The Kier molecular flexibility index (Phi) is 5.35. The Morgan fingerprint density at radius 1 is 1.33 bits per heavy atom. The first kappa shape index (κ1) is 16.8. The molecule has 1 aliphatic heterocycles. The molecule has 1 amide bonds. The Balaban J connectivity index is 2.39. The largest absolute Gasteiger partial charge is 0.417 e. The maximum atomic E-state index is 13.1. The lowest BCUT2D eigenvalue weighted by molar-refractivity contribution is -0.138. The highest BCUT2D eigenvalue weighted by Crippen LogP contribution is 2.35. The smallest absolute Gasteiger partial charge is 0.335 e. The van der Waals surface area contributed by atoms with Crippen LogP contribution in [0.1, 0.15) is 35.2 Å². The monoisotopic (exact) mass is 427 g/mol. The van der Waals surface area contributed by atoms with Gasteiger partial charge in [-0.25, -0.2) is 0 Å². The van der Waals surface area contributed by atoms with Crippen LogP contribution >= 0.6 is 31.9 Å². The molecule has 2 rings (SSSR count). The number of halogens is 5. The molecule has 0 saturated carbocycles. The van der Waals surface area contributed by atoms with E-state index in [4.69, 9.17) is 0 Å². The number of likely N-dealkylation sites (tertiary alicyclic amines) is 1. The molecule has 116 valence electrons. The second-order valence-electron chi connectivity index (χ2n) is 4.99. The Morgan fingerprint density at radius 3 is 2.67 bits per heavy atom. The average molecular weight is 429 g/mol. The van der Waals surface area contributed by atoms with Crippen molar-refractivity contribution in [2.24, 2.45) is 0 Å². The number of amides is 1. The van der Waals surface area contributed by atoms with Crippen LogP contribution in [0, 0.1) is 0 Å². The normalized spacial score (nSPS) is 19.7. The number of nitrogens with zero attached hydrogens (tertiary/aromatic N) is 1. The zero-order chi connectivity index (χ0) is 15.6. The molecule has 0 radical (unpaired) electrons. The van der Waals surface area contributed by atoms with Crippen molar-refractivity contribution in [3.05, 3.63) is 33.8 Å². The summed E-state index contributed by atoms with van der Waals surface area (Å²) in [6, 6.07) is 3.63. The van der Waals surface area contributed by atoms with Gasteiger partial charge in [0.2, 0.25) is 0 Å². The van der Waals surface area contributed by atoms with Gasteiger partial charge in [-0.3, -0.25) is 4.79 Å². The van der Waals surface area contributed by atoms with Crippen LogP contribution in [-0.4, -0.2) is 28.7 Å². The van der Waals surface area contributed by atoms with Gasteiger partial charge in [0.15, 0.2) is 0 Å². The van der Waals surface area contributed by atoms with E-state index in [-0.39, 0.29) is 11.6 Å². The number of hydrogen-bond donors (Lipinski definition) is 0. The number of carbonyl (C=O) groups excluding carboxylic acids is 1. The third-order valence-electron chi connectivity index (χ3n) is 3.58. The lowest BCUT2D eigenvalue weighted by Gasteiger charge is -2.35. The predicted molar refractivity (Wildman–Crippen MR) is 81.6 cm³/mol. The van der Waals surface area contributed by atoms with Gasteiger partial charge in [-0.05, 0) is 37.5 Å². The summed E-state index contributed by atoms with van der Waals surface area (Å²) >= 11 is 6.37. The van der Waals surface area contributed by atoms with Crippen LogP contribution in [0.25, 0.3) is 0 Å². The zero-order valence-electron chi connectivity index (χ0n) is 11.1. The third kappa shape index (κ3) is 3.80. The average Bonchev–Trinajstić information content (AvgIpc) is 2.45. The summed E-state index contributed by atoms with van der Waals surface area (Å²) in [6.07, 6.45) is -1.91. The summed E-state index contributed by atoms with van der Waals surface area (Å²) in [6.45, 7) is 0.502. The van der Waals surface area contributed by atoms with Crippen LogP contribution in [0.5, 0.6) is 0 Å². The number of rotatable bonds is 2. The number of hydrogen-bond acceptors (Lipinski definition) is 1. The van der Waals surface area contributed by atoms with Gasteiger partial charge in [-0.2, -0.15) is 13.2 Å². The molecule has 1 aromatic rings. The van der Waals surface area contributed by atoms with E-state index in [2.05, 4.69) is 31.9 Å². The van der Waals surface area contributed by atoms with Crippen LogP contribution in [0.3, 0.4) is 0 Å². The van der Waals surface area contributed by atoms with E-state index < -0.39 is 17.6 Å². The van der Waals surface area contributed by atoms with E-state index in [9.17, 15) is 18.0 Å². The second-order valence-corrected chi connectivity index (χ2v) is 6.55. The van der Waals surface area contributed by atoms with Crippen molar-refractivity contribution in [3.63, 3.8) is 0 Å². The van der Waals surface area contributed by atoms with Gasteiger partial charge in [-0.15, -0.1) is 0 Å². The molecule has 1 aliphatic rings. The third-order valence-corrected chi connectivity index (χ3v) is 4.82. The van der Waals surface area contributed by atoms with Crippen molar-refractivity contribution >= 4 is 37.8 Å². The molecule has 1 heterocycles. The van der Waals surface area contributed by atoms with E-state index in [0.717, 1.165) is 25.3 Å². The summed E-state index contributed by atoms with van der Waals surface area (Å²) in [4.78, 5) is 14.1. The molecule has 0 aliphatic carbocycles. The SMILES string of the molecule is O=C(c1ccc(Br)cc1C(F)(F)F)N1CCCCC1CBr. The topological polar surface area (TPSA) is 20.3 Å². The molecule has 1 fully saturated rings. The first-order valence-electron chi connectivity index (χ1n) is 6.58. The molecule has 2 nitrogen and oxygen atoms in total. The maximum Gasteiger partial charge on any atom is 0.417 e. The van der Waals surface area contributed by atoms with Gasteiger partial charge >= 0.3 is 6.18 Å². The van der Waals surface area contributed by atoms with Gasteiger partial charge < -0.3 is 4.90 Å². The summed E-state index contributed by atoms with van der Waals surface area (Å²) in [5.74, 6) is -0.543. The fourth-order valence-corrected chi connectivity index (χ4v) is 3.55. The van der Waals surface area contributed by atoms with E-state index in [0.29, 0.717) is 16.3 Å². The molecule has 0 N–H and O–H groups in total. The van der Waals surface area contributed by atoms with E-state index in [1.807, 2.05) is 0 Å². The molecule has 7 heteroatoms. The first-order valence-corrected chi connectivity index (χ1v) is 8.49. The molecule has 21 heavy (non-hydrogen) atoms. The van der Waals surface area contributed by atoms with Crippen LogP contribution in [0.4, 0.5) is 13.2 Å². The quantitative estimate of drug-likeness (QED) is 0.616. The van der Waals surface area contributed by atoms with Crippen LogP contribution in [0.2, 0.25) is 0 Å². The highest BCUT2D eigenvalue weighted by atomic mass is 79.9. The van der Waals surface area contributed by atoms with Gasteiger partial charge in [0.1, 0.15) is 0 Å². The lowest BCUT2D eigenvalue weighted by atomic mass is 10.00. The van der Waals surface area contributed by atoms with Gasteiger partial charge in [0.25, 0.3) is 5.91 Å². The highest BCUT2D eigenvalue weighted by Gasteiger charge is 2.37. The Morgan fingerprint density at radius 2 is 2.05 bits per heavy atom. The standard InChI is InChI=1S/C14H14Br2F3NO/c15-8-10-3-1-2-6-20(10)13(21)11-5-4-9(16)7-12(11)14(17,18)19/h4-5,7,10H,1-3,6,8H2. The first-order chi connectivity index (χ1) is 9.84. The Labute approximate surface area is 137 Å². The molecule has 1 saturated heterocycles. The van der Waals surface area contributed by atoms with Crippen molar-refractivity contribution in [2.75, 3.05) is 11.9 Å². The van der Waals surface area contributed by atoms with Crippen molar-refractivity contribution in [1.82, 2.24) is 4.90 Å². The van der Waals surface area contributed by atoms with E-state index >= 15 is 0 Å². The Hall–Kier alpha value is -0.560. The van der Waals surface area contributed by atoms with Gasteiger partial charge in [-0.1, -0.05) is 31.9 Å². The van der Waals surface area contributed by atoms with Crippen LogP contribution < -0.4 is 0 Å². The zero-order valence-corrected chi connectivity index (χ0v) is 14.3. The molecule has 1 aromatic carbocycles.